The van der Waals surface area contributed by atoms with Crippen LogP contribution >= 0.6 is 0 Å². The Bertz CT molecular complexity index is 1090. The van der Waals surface area contributed by atoms with Gasteiger partial charge < -0.3 is 0 Å². The van der Waals surface area contributed by atoms with E-state index in [0.29, 0.717) is 5.92 Å². The molecule has 150 valence electrons. The third-order valence-electron chi connectivity index (χ3n) is 6.20. The van der Waals surface area contributed by atoms with Gasteiger partial charge in [-0.25, -0.2) is 0 Å². The second-order valence-corrected chi connectivity index (χ2v) is 12.5. The van der Waals surface area contributed by atoms with E-state index in [1.165, 1.54) is 32.3 Å². The lowest BCUT2D eigenvalue weighted by molar-refractivity contribution is 0.852. The number of benzene rings is 3. The molecule has 4 rings (SSSR count). The fraction of sp³-hybridized carbons (Fsp3) is 0.179. The van der Waals surface area contributed by atoms with Crippen LogP contribution in [-0.2, 0) is 0 Å². The Kier molecular flexibility index (Phi) is 5.69. The smallest absolute Gasteiger partial charge is 0.145 e. The Morgan fingerprint density at radius 3 is 1.83 bits per heavy atom. The molecule has 0 saturated carbocycles. The van der Waals surface area contributed by atoms with Gasteiger partial charge in [0.1, 0.15) is 8.07 Å². The lowest BCUT2D eigenvalue weighted by Gasteiger charge is -2.30. The Balaban J connectivity index is 1.88. The molecule has 0 atom stereocenters. The lowest BCUT2D eigenvalue weighted by atomic mass is 9.97. The number of hydrogen-bond acceptors (Lipinski definition) is 1. The van der Waals surface area contributed by atoms with Crippen molar-refractivity contribution in [3.8, 4) is 11.3 Å². The van der Waals surface area contributed by atoms with Gasteiger partial charge in [-0.2, -0.15) is 0 Å². The van der Waals surface area contributed by atoms with E-state index < -0.39 is 8.07 Å². The summed E-state index contributed by atoms with van der Waals surface area (Å²) in [7, 11) is -2.12. The van der Waals surface area contributed by atoms with Crippen LogP contribution in [0.2, 0.25) is 6.55 Å². The van der Waals surface area contributed by atoms with Gasteiger partial charge in [0.15, 0.2) is 0 Å². The molecule has 0 N–H and O–H groups in total. The maximum Gasteiger partial charge on any atom is 0.145 e. The molecular weight excluding hydrogens is 378 g/mol. The first kappa shape index (κ1) is 20.3. The predicted molar refractivity (Wildman–Crippen MR) is 132 cm³/mol. The maximum atomic E-state index is 4.78. The van der Waals surface area contributed by atoms with Crippen molar-refractivity contribution in [2.24, 2.45) is 0 Å². The summed E-state index contributed by atoms with van der Waals surface area (Å²) in [5.74, 6) is 0.489. The standard InChI is InChI=1S/C28H29NSi/c1-21(2)27-19-28(29-20-22(27)3)23-12-11-17-26(18-23)30(4,24-13-7-5-8-14-24)25-15-9-6-10-16-25/h5-21H,1-4H3. The van der Waals surface area contributed by atoms with Gasteiger partial charge in [0, 0.05) is 11.8 Å². The molecule has 3 aromatic carbocycles. The minimum atomic E-state index is -2.12. The van der Waals surface area contributed by atoms with Gasteiger partial charge in [-0.1, -0.05) is 105 Å². The van der Waals surface area contributed by atoms with E-state index in [4.69, 9.17) is 4.98 Å². The quantitative estimate of drug-likeness (QED) is 0.324. The topological polar surface area (TPSA) is 12.9 Å². The maximum absolute atomic E-state index is 4.78. The minimum Gasteiger partial charge on any atom is -0.256 e. The molecule has 0 unspecified atom stereocenters. The van der Waals surface area contributed by atoms with Crippen LogP contribution in [0.4, 0.5) is 0 Å². The summed E-state index contributed by atoms with van der Waals surface area (Å²) >= 11 is 0. The third-order valence-corrected chi connectivity index (χ3v) is 10.6. The van der Waals surface area contributed by atoms with E-state index in [1.807, 2.05) is 6.20 Å². The summed E-state index contributed by atoms with van der Waals surface area (Å²) in [6, 6.07) is 33.3. The first-order chi connectivity index (χ1) is 14.5. The Hall–Kier alpha value is -2.97. The summed E-state index contributed by atoms with van der Waals surface area (Å²) in [5.41, 5.74) is 4.89. The lowest BCUT2D eigenvalue weighted by Crippen LogP contribution is -2.64. The molecular formula is C28H29NSi. The van der Waals surface area contributed by atoms with Gasteiger partial charge in [0.2, 0.25) is 0 Å². The molecule has 0 spiro atoms. The fourth-order valence-corrected chi connectivity index (χ4v) is 7.94. The molecule has 4 aromatic rings. The van der Waals surface area contributed by atoms with Crippen molar-refractivity contribution in [3.05, 3.63) is 108 Å². The van der Waals surface area contributed by atoms with Gasteiger partial charge in [0.05, 0.1) is 5.69 Å². The van der Waals surface area contributed by atoms with E-state index in [0.717, 1.165) is 5.69 Å². The van der Waals surface area contributed by atoms with Crippen LogP contribution in [0.5, 0.6) is 0 Å². The van der Waals surface area contributed by atoms with Crippen molar-refractivity contribution in [2.75, 3.05) is 0 Å². The molecule has 0 fully saturated rings. The third kappa shape index (κ3) is 3.76. The predicted octanol–water partition coefficient (Wildman–Crippen LogP) is 5.28. The molecule has 1 heterocycles. The summed E-state index contributed by atoms with van der Waals surface area (Å²) in [6.07, 6.45) is 2.02. The van der Waals surface area contributed by atoms with Gasteiger partial charge in [-0.05, 0) is 45.6 Å². The number of aromatic nitrogens is 1. The van der Waals surface area contributed by atoms with Gasteiger partial charge >= 0.3 is 0 Å². The molecule has 2 heteroatoms. The Morgan fingerprint density at radius 2 is 1.27 bits per heavy atom. The highest BCUT2D eigenvalue weighted by Crippen LogP contribution is 2.24. The molecule has 1 nitrogen and oxygen atoms in total. The number of hydrogen-bond donors (Lipinski definition) is 0. The van der Waals surface area contributed by atoms with E-state index >= 15 is 0 Å². The molecule has 0 aliphatic carbocycles. The zero-order chi connectivity index (χ0) is 21.1. The monoisotopic (exact) mass is 407 g/mol. The van der Waals surface area contributed by atoms with Crippen molar-refractivity contribution in [2.45, 2.75) is 33.2 Å². The molecule has 0 amide bonds. The average molecular weight is 408 g/mol. The molecule has 0 saturated heterocycles. The van der Waals surface area contributed by atoms with Gasteiger partial charge in [0.25, 0.3) is 0 Å². The van der Waals surface area contributed by atoms with Crippen LogP contribution in [-0.4, -0.2) is 13.1 Å². The highest BCUT2D eigenvalue weighted by atomic mass is 28.3. The molecule has 0 bridgehead atoms. The van der Waals surface area contributed by atoms with E-state index in [1.54, 1.807) is 0 Å². The second kappa shape index (κ2) is 8.41. The molecule has 30 heavy (non-hydrogen) atoms. The highest BCUT2D eigenvalue weighted by Gasteiger charge is 2.34. The number of rotatable bonds is 5. The molecule has 0 radical (unpaired) electrons. The van der Waals surface area contributed by atoms with Crippen molar-refractivity contribution >= 4 is 23.6 Å². The zero-order valence-electron chi connectivity index (χ0n) is 18.3. The molecule has 0 aliphatic rings. The van der Waals surface area contributed by atoms with Crippen LogP contribution in [0.25, 0.3) is 11.3 Å². The fourth-order valence-electron chi connectivity index (χ4n) is 4.35. The molecule has 0 aliphatic heterocycles. The van der Waals surface area contributed by atoms with Crippen LogP contribution in [0.15, 0.2) is 97.2 Å². The summed E-state index contributed by atoms with van der Waals surface area (Å²) in [4.78, 5) is 4.78. The Morgan fingerprint density at radius 1 is 0.700 bits per heavy atom. The van der Waals surface area contributed by atoms with Crippen LogP contribution in [0.1, 0.15) is 30.9 Å². The van der Waals surface area contributed by atoms with Crippen molar-refractivity contribution in [3.63, 3.8) is 0 Å². The van der Waals surface area contributed by atoms with Crippen LogP contribution in [0, 0.1) is 6.92 Å². The number of nitrogens with zero attached hydrogens (tertiary/aromatic N) is 1. The first-order valence-electron chi connectivity index (χ1n) is 10.7. The highest BCUT2D eigenvalue weighted by molar-refractivity contribution is 7.10. The Labute approximate surface area is 181 Å². The number of pyridine rings is 1. The van der Waals surface area contributed by atoms with Crippen LogP contribution in [0.3, 0.4) is 0 Å². The molecule has 1 aromatic heterocycles. The minimum absolute atomic E-state index is 0.489. The number of aryl methyl sites for hydroxylation is 1. The van der Waals surface area contributed by atoms with E-state index in [9.17, 15) is 0 Å². The summed E-state index contributed by atoms with van der Waals surface area (Å²) in [5, 5.41) is 4.26. The normalized spacial score (nSPS) is 11.6. The van der Waals surface area contributed by atoms with Gasteiger partial charge in [-0.15, -0.1) is 0 Å². The summed E-state index contributed by atoms with van der Waals surface area (Å²) in [6.45, 7) is 9.10. The zero-order valence-corrected chi connectivity index (χ0v) is 19.3. The van der Waals surface area contributed by atoms with E-state index in [2.05, 4.69) is 118 Å². The summed E-state index contributed by atoms with van der Waals surface area (Å²) < 4.78 is 0. The second-order valence-electron chi connectivity index (χ2n) is 8.52. The largest absolute Gasteiger partial charge is 0.256 e. The first-order valence-corrected chi connectivity index (χ1v) is 13.2. The van der Waals surface area contributed by atoms with Crippen molar-refractivity contribution in [1.82, 2.24) is 4.98 Å². The van der Waals surface area contributed by atoms with Crippen molar-refractivity contribution < 1.29 is 0 Å². The van der Waals surface area contributed by atoms with E-state index in [-0.39, 0.29) is 0 Å². The average Bonchev–Trinajstić information content (AvgIpc) is 2.80. The van der Waals surface area contributed by atoms with Gasteiger partial charge in [-0.3, -0.25) is 4.98 Å². The van der Waals surface area contributed by atoms with Crippen LogP contribution < -0.4 is 15.6 Å². The van der Waals surface area contributed by atoms with Crippen molar-refractivity contribution in [1.29, 1.82) is 0 Å². The SMILES string of the molecule is Cc1cnc(-c2cccc([Si](C)(c3ccccc3)c3ccccc3)c2)cc1C(C)C.